The Morgan fingerprint density at radius 3 is 2.52 bits per heavy atom. The van der Waals surface area contributed by atoms with Gasteiger partial charge in [-0.1, -0.05) is 0 Å². The molecule has 1 saturated heterocycles. The number of rotatable bonds is 4. The lowest BCUT2D eigenvalue weighted by atomic mass is 9.94. The minimum Gasteiger partial charge on any atom is -0.354 e. The van der Waals surface area contributed by atoms with Crippen LogP contribution in [0.15, 0.2) is 0 Å². The monoisotopic (exact) mass is 408 g/mol. The van der Waals surface area contributed by atoms with E-state index in [4.69, 9.17) is 0 Å². The molecule has 3 N–H and O–H groups in total. The summed E-state index contributed by atoms with van der Waals surface area (Å²) >= 11 is 0. The van der Waals surface area contributed by atoms with E-state index in [1.54, 1.807) is 6.92 Å². The summed E-state index contributed by atoms with van der Waals surface area (Å²) in [6.07, 6.45) is -2.61. The first-order chi connectivity index (χ1) is 12.3. The number of fused-ring (bicyclic) bond motifs is 1. The average Bonchev–Trinajstić information content (AvgIpc) is 2.93. The number of hydrogen-bond acceptors (Lipinski definition) is 4. The number of aryl methyl sites for hydroxylation is 1. The second-order valence-electron chi connectivity index (χ2n) is 6.81. The van der Waals surface area contributed by atoms with E-state index in [-0.39, 0.29) is 37.0 Å². The van der Waals surface area contributed by atoms with Gasteiger partial charge in [-0.15, -0.1) is 12.4 Å². The van der Waals surface area contributed by atoms with Gasteiger partial charge in [-0.25, -0.2) is 0 Å². The number of amides is 1. The van der Waals surface area contributed by atoms with Crippen molar-refractivity contribution in [1.29, 1.82) is 0 Å². The third kappa shape index (κ3) is 4.64. The number of nitrogens with one attached hydrogen (secondary N) is 3. The van der Waals surface area contributed by atoms with E-state index >= 15 is 0 Å². The van der Waals surface area contributed by atoms with Crippen molar-refractivity contribution in [3.05, 3.63) is 22.5 Å². The van der Waals surface area contributed by atoms with Gasteiger partial charge in [0.05, 0.1) is 0 Å². The first kappa shape index (κ1) is 21.7. The van der Waals surface area contributed by atoms with Gasteiger partial charge in [0.2, 0.25) is 0 Å². The Balaban J connectivity index is 0.00000261. The Kier molecular flexibility index (Phi) is 6.93. The van der Waals surface area contributed by atoms with Crippen molar-refractivity contribution in [3.8, 4) is 0 Å². The van der Waals surface area contributed by atoms with Crippen LogP contribution in [0.4, 0.5) is 13.2 Å². The molecule has 1 amide bonds. The molecule has 27 heavy (non-hydrogen) atoms. The summed E-state index contributed by atoms with van der Waals surface area (Å²) < 4.78 is 40.2. The lowest BCUT2D eigenvalue weighted by molar-refractivity contribution is -0.183. The number of halogens is 4. The molecule has 0 saturated carbocycles. The van der Waals surface area contributed by atoms with E-state index in [1.807, 2.05) is 0 Å². The Labute approximate surface area is 161 Å². The highest BCUT2D eigenvalue weighted by Crippen LogP contribution is 2.27. The van der Waals surface area contributed by atoms with Gasteiger partial charge < -0.3 is 15.6 Å². The molecule has 0 aromatic carbocycles. The normalized spacial score (nSPS) is 19.2. The topological polar surface area (TPSA) is 77.2 Å². The third-order valence-electron chi connectivity index (χ3n) is 5.09. The number of aromatic nitrogens is 1. The Bertz CT molecular complexity index is 699. The van der Waals surface area contributed by atoms with Gasteiger partial charge in [0.25, 0.3) is 5.91 Å². The van der Waals surface area contributed by atoms with Crippen LogP contribution in [0.1, 0.15) is 44.9 Å². The Hall–Kier alpha value is -1.58. The van der Waals surface area contributed by atoms with Crippen LogP contribution in [0.2, 0.25) is 0 Å². The van der Waals surface area contributed by atoms with Crippen molar-refractivity contribution in [2.45, 2.75) is 38.4 Å². The van der Waals surface area contributed by atoms with Crippen molar-refractivity contribution in [2.24, 2.45) is 0 Å². The van der Waals surface area contributed by atoms with Crippen LogP contribution < -0.4 is 10.6 Å². The molecule has 0 spiro atoms. The minimum atomic E-state index is -4.43. The van der Waals surface area contributed by atoms with Gasteiger partial charge in [0, 0.05) is 50.4 Å². The average molecular weight is 409 g/mol. The number of Topliss-reactive ketones (excluding diaryl/α,β-unsaturated/α-hetero) is 1. The molecule has 1 aliphatic heterocycles. The number of ketones is 1. The maximum Gasteiger partial charge on any atom is 0.405 e. The molecule has 152 valence electrons. The van der Waals surface area contributed by atoms with Crippen molar-refractivity contribution in [1.82, 2.24) is 20.5 Å². The second-order valence-corrected chi connectivity index (χ2v) is 6.81. The lowest BCUT2D eigenvalue weighted by Crippen LogP contribution is -2.57. The van der Waals surface area contributed by atoms with Gasteiger partial charge in [0.15, 0.2) is 5.78 Å². The number of H-pyrrole nitrogens is 1. The summed E-state index contributed by atoms with van der Waals surface area (Å²) in [5.74, 6) is -0.623. The molecular weight excluding hydrogens is 385 g/mol. The number of alkyl halides is 3. The van der Waals surface area contributed by atoms with E-state index in [9.17, 15) is 22.8 Å². The molecule has 1 aromatic heterocycles. The zero-order valence-corrected chi connectivity index (χ0v) is 15.9. The Morgan fingerprint density at radius 2 is 1.93 bits per heavy atom. The summed E-state index contributed by atoms with van der Waals surface area (Å²) in [5, 5.41) is 5.42. The van der Waals surface area contributed by atoms with Gasteiger partial charge in [-0.2, -0.15) is 13.2 Å². The summed E-state index contributed by atoms with van der Waals surface area (Å²) in [5.41, 5.74) is 1.94. The molecule has 0 bridgehead atoms. The molecule has 1 aliphatic carbocycles. The highest BCUT2D eigenvalue weighted by atomic mass is 35.5. The fraction of sp³-hybridized carbons (Fsp3) is 0.647. The molecule has 6 nitrogen and oxygen atoms in total. The molecule has 10 heteroatoms. The van der Waals surface area contributed by atoms with E-state index in [1.165, 1.54) is 4.90 Å². The zero-order chi connectivity index (χ0) is 18.9. The highest BCUT2D eigenvalue weighted by Gasteiger charge is 2.44. The quantitative estimate of drug-likeness (QED) is 0.710. The van der Waals surface area contributed by atoms with E-state index in [2.05, 4.69) is 15.6 Å². The number of aromatic amines is 1. The van der Waals surface area contributed by atoms with Crippen LogP contribution in [-0.2, 0) is 6.42 Å². The smallest absolute Gasteiger partial charge is 0.354 e. The number of carbonyl (C=O) groups excluding carboxylic acids is 2. The zero-order valence-electron chi connectivity index (χ0n) is 15.0. The number of hydrogen-bond donors (Lipinski definition) is 3. The van der Waals surface area contributed by atoms with Crippen LogP contribution in [-0.4, -0.2) is 66.5 Å². The van der Waals surface area contributed by atoms with Crippen molar-refractivity contribution < 1.29 is 22.8 Å². The van der Waals surface area contributed by atoms with Gasteiger partial charge >= 0.3 is 6.18 Å². The maximum absolute atomic E-state index is 13.4. The maximum atomic E-state index is 13.4. The third-order valence-corrected chi connectivity index (χ3v) is 5.09. The molecule has 0 radical (unpaired) electrons. The molecular formula is C17H24ClF3N4O2. The van der Waals surface area contributed by atoms with Crippen LogP contribution in [0.5, 0.6) is 0 Å². The summed E-state index contributed by atoms with van der Waals surface area (Å²) in [7, 11) is 0. The molecule has 2 aliphatic rings. The predicted octanol–water partition coefficient (Wildman–Crippen LogP) is 1.83. The van der Waals surface area contributed by atoms with Gasteiger partial charge in [-0.05, 0) is 25.3 Å². The van der Waals surface area contributed by atoms with E-state index in [0.29, 0.717) is 49.2 Å². The van der Waals surface area contributed by atoms with Crippen LogP contribution in [0.25, 0.3) is 0 Å². The first-order valence-electron chi connectivity index (χ1n) is 8.83. The van der Waals surface area contributed by atoms with Crippen LogP contribution >= 0.6 is 12.4 Å². The molecule has 3 rings (SSSR count). The number of piperazine rings is 1. The SMILES string of the molecule is Cc1c(C(=O)NCC(N2CCNCC2)C(F)(F)F)[nH]c2c1C(=O)CCC2.Cl. The molecule has 2 heterocycles. The van der Waals surface area contributed by atoms with Crippen molar-refractivity contribution in [3.63, 3.8) is 0 Å². The molecule has 1 atom stereocenters. The van der Waals surface area contributed by atoms with Gasteiger partial charge in [0.1, 0.15) is 11.7 Å². The summed E-state index contributed by atoms with van der Waals surface area (Å²) in [6, 6.07) is -1.72. The highest BCUT2D eigenvalue weighted by molar-refractivity contribution is 6.04. The Morgan fingerprint density at radius 1 is 1.26 bits per heavy atom. The van der Waals surface area contributed by atoms with Crippen LogP contribution in [0, 0.1) is 6.92 Å². The second kappa shape index (κ2) is 8.62. The standard InChI is InChI=1S/C17H23F3N4O2.ClH/c1-10-14-11(3-2-4-12(14)25)23-15(10)16(26)22-9-13(17(18,19)20)24-7-5-21-6-8-24;/h13,21,23H,2-9H2,1H3,(H,22,26);1H. The largest absolute Gasteiger partial charge is 0.405 e. The molecule has 1 unspecified atom stereocenters. The van der Waals surface area contributed by atoms with Crippen molar-refractivity contribution >= 4 is 24.1 Å². The van der Waals surface area contributed by atoms with Crippen molar-refractivity contribution in [2.75, 3.05) is 32.7 Å². The first-order valence-corrected chi connectivity index (χ1v) is 8.83. The lowest BCUT2D eigenvalue weighted by Gasteiger charge is -2.35. The number of nitrogens with zero attached hydrogens (tertiary/aromatic N) is 1. The van der Waals surface area contributed by atoms with E-state index < -0.39 is 24.7 Å². The fourth-order valence-electron chi connectivity index (χ4n) is 3.72. The number of carbonyl (C=O) groups is 2. The molecule has 1 fully saturated rings. The van der Waals surface area contributed by atoms with Crippen LogP contribution in [0.3, 0.4) is 0 Å². The summed E-state index contributed by atoms with van der Waals surface area (Å²) in [4.78, 5) is 28.8. The summed E-state index contributed by atoms with van der Waals surface area (Å²) in [6.45, 7) is 2.69. The van der Waals surface area contributed by atoms with E-state index in [0.717, 1.165) is 0 Å². The predicted molar refractivity (Wildman–Crippen MR) is 96.7 cm³/mol. The van der Waals surface area contributed by atoms with Gasteiger partial charge in [-0.3, -0.25) is 14.5 Å². The molecule has 1 aromatic rings. The minimum absolute atomic E-state index is 0. The fourth-order valence-corrected chi connectivity index (χ4v) is 3.72.